The van der Waals surface area contributed by atoms with Gasteiger partial charge in [0.2, 0.25) is 0 Å². The number of ether oxygens (including phenoxy) is 1. The van der Waals surface area contributed by atoms with Crippen molar-refractivity contribution in [3.63, 3.8) is 0 Å². The van der Waals surface area contributed by atoms with Gasteiger partial charge < -0.3 is 9.64 Å². The van der Waals surface area contributed by atoms with Gasteiger partial charge in [-0.25, -0.2) is 0 Å². The van der Waals surface area contributed by atoms with Gasteiger partial charge in [0.1, 0.15) is 5.75 Å². The largest absolute Gasteiger partial charge is 0.495 e. The summed E-state index contributed by atoms with van der Waals surface area (Å²) >= 11 is 6.27. The van der Waals surface area contributed by atoms with Crippen molar-refractivity contribution < 1.29 is 4.74 Å². The van der Waals surface area contributed by atoms with Crippen molar-refractivity contribution in [3.8, 4) is 5.75 Å². The number of hydrogen-bond acceptors (Lipinski definition) is 3. The molecule has 0 amide bonds. The Labute approximate surface area is 150 Å². The second-order valence-electron chi connectivity index (χ2n) is 6.32. The Morgan fingerprint density at radius 2 is 1.62 bits per heavy atom. The lowest BCUT2D eigenvalue weighted by atomic mass is 10.1. The van der Waals surface area contributed by atoms with Crippen LogP contribution in [-0.2, 0) is 13.1 Å². The van der Waals surface area contributed by atoms with E-state index in [-0.39, 0.29) is 0 Å². The van der Waals surface area contributed by atoms with Gasteiger partial charge in [-0.1, -0.05) is 48.0 Å². The smallest absolute Gasteiger partial charge is 0.137 e. The summed E-state index contributed by atoms with van der Waals surface area (Å²) in [4.78, 5) is 4.70. The van der Waals surface area contributed by atoms with E-state index in [1.807, 2.05) is 12.1 Å². The maximum atomic E-state index is 6.27. The molecule has 2 rings (SSSR count). The second kappa shape index (κ2) is 9.67. The fourth-order valence-corrected chi connectivity index (χ4v) is 3.01. The molecule has 0 radical (unpaired) electrons. The fraction of sp³-hybridized carbons (Fsp3) is 0.400. The molecule has 0 fully saturated rings. The van der Waals surface area contributed by atoms with Gasteiger partial charge in [-0.3, -0.25) is 4.90 Å². The van der Waals surface area contributed by atoms with Gasteiger partial charge in [0.05, 0.1) is 12.1 Å². The zero-order valence-corrected chi connectivity index (χ0v) is 15.6. The molecule has 0 saturated heterocycles. The van der Waals surface area contributed by atoms with E-state index in [9.17, 15) is 0 Å². The molecule has 0 N–H and O–H groups in total. The van der Waals surface area contributed by atoms with Gasteiger partial charge in [0.25, 0.3) is 0 Å². The van der Waals surface area contributed by atoms with Crippen LogP contribution in [-0.4, -0.2) is 44.1 Å². The molecule has 0 atom stereocenters. The van der Waals surface area contributed by atoms with Crippen molar-refractivity contribution in [2.45, 2.75) is 19.5 Å². The van der Waals surface area contributed by atoms with E-state index >= 15 is 0 Å². The molecule has 0 aliphatic rings. The Hall–Kier alpha value is -1.55. The van der Waals surface area contributed by atoms with Crippen LogP contribution in [0.25, 0.3) is 0 Å². The van der Waals surface area contributed by atoms with Crippen molar-refractivity contribution in [1.82, 2.24) is 9.80 Å². The summed E-state index contributed by atoms with van der Waals surface area (Å²) < 4.78 is 5.24. The zero-order valence-electron chi connectivity index (χ0n) is 14.8. The van der Waals surface area contributed by atoms with Crippen LogP contribution in [0.3, 0.4) is 0 Å². The second-order valence-corrected chi connectivity index (χ2v) is 6.73. The molecule has 0 aromatic heterocycles. The number of benzene rings is 2. The quantitative estimate of drug-likeness (QED) is 0.673. The molecule has 2 aromatic rings. The van der Waals surface area contributed by atoms with Gasteiger partial charge in [-0.05, 0) is 50.3 Å². The molecule has 0 aliphatic carbocycles. The summed E-state index contributed by atoms with van der Waals surface area (Å²) in [5, 5.41) is 0.669. The van der Waals surface area contributed by atoms with Crippen LogP contribution >= 0.6 is 11.6 Å². The van der Waals surface area contributed by atoms with E-state index in [2.05, 4.69) is 60.3 Å². The first-order valence-electron chi connectivity index (χ1n) is 8.32. The Bertz CT molecular complexity index is 616. The fourth-order valence-electron chi connectivity index (χ4n) is 2.73. The van der Waals surface area contributed by atoms with Crippen LogP contribution in [0.15, 0.2) is 48.5 Å². The molecule has 0 spiro atoms. The van der Waals surface area contributed by atoms with Crippen LogP contribution in [0.4, 0.5) is 0 Å². The van der Waals surface area contributed by atoms with Crippen molar-refractivity contribution in [2.24, 2.45) is 0 Å². The van der Waals surface area contributed by atoms with Crippen LogP contribution in [0.5, 0.6) is 5.75 Å². The first-order valence-corrected chi connectivity index (χ1v) is 8.69. The summed E-state index contributed by atoms with van der Waals surface area (Å²) in [6.07, 6.45) is 1.14. The molecular weight excluding hydrogens is 320 g/mol. The standard InChI is InChI=1S/C20H27ClN2O/c1-22(2)12-7-13-23(15-17-8-5-4-6-9-17)16-18-10-11-20(24-3)19(21)14-18/h4-6,8-11,14H,7,12-13,15-16H2,1-3H3. The summed E-state index contributed by atoms with van der Waals surface area (Å²) in [6, 6.07) is 16.6. The van der Waals surface area contributed by atoms with Crippen molar-refractivity contribution in [1.29, 1.82) is 0 Å². The maximum absolute atomic E-state index is 6.27. The minimum Gasteiger partial charge on any atom is -0.495 e. The zero-order chi connectivity index (χ0) is 17.4. The molecule has 2 aromatic carbocycles. The lowest BCUT2D eigenvalue weighted by Crippen LogP contribution is -2.26. The Morgan fingerprint density at radius 1 is 0.917 bits per heavy atom. The number of hydrogen-bond donors (Lipinski definition) is 0. The van der Waals surface area contributed by atoms with Crippen LogP contribution in [0.1, 0.15) is 17.5 Å². The topological polar surface area (TPSA) is 15.7 Å². The predicted molar refractivity (Wildman–Crippen MR) is 102 cm³/mol. The summed E-state index contributed by atoms with van der Waals surface area (Å²) in [6.45, 7) is 3.97. The molecule has 0 saturated carbocycles. The third-order valence-corrected chi connectivity index (χ3v) is 4.25. The van der Waals surface area contributed by atoms with E-state index in [1.54, 1.807) is 7.11 Å². The van der Waals surface area contributed by atoms with Crippen molar-refractivity contribution in [2.75, 3.05) is 34.3 Å². The SMILES string of the molecule is COc1ccc(CN(CCCN(C)C)Cc2ccccc2)cc1Cl. The molecule has 0 heterocycles. The van der Waals surface area contributed by atoms with Gasteiger partial charge in [0, 0.05) is 19.6 Å². The van der Waals surface area contributed by atoms with E-state index in [0.29, 0.717) is 5.02 Å². The van der Waals surface area contributed by atoms with Gasteiger partial charge in [-0.2, -0.15) is 0 Å². The Kier molecular flexibility index (Phi) is 7.57. The molecule has 3 nitrogen and oxygen atoms in total. The minimum absolute atomic E-state index is 0.669. The molecular formula is C20H27ClN2O. The van der Waals surface area contributed by atoms with Crippen molar-refractivity contribution in [3.05, 3.63) is 64.7 Å². The maximum Gasteiger partial charge on any atom is 0.137 e. The molecule has 0 bridgehead atoms. The molecule has 4 heteroatoms. The van der Waals surface area contributed by atoms with Crippen LogP contribution in [0.2, 0.25) is 5.02 Å². The summed E-state index contributed by atoms with van der Waals surface area (Å²) in [5.74, 6) is 0.725. The highest BCUT2D eigenvalue weighted by Crippen LogP contribution is 2.25. The third-order valence-electron chi connectivity index (χ3n) is 3.95. The first kappa shape index (κ1) is 18.8. The minimum atomic E-state index is 0.669. The average Bonchev–Trinajstić information content (AvgIpc) is 2.55. The first-order chi connectivity index (χ1) is 11.6. The van der Waals surface area contributed by atoms with Crippen LogP contribution < -0.4 is 4.74 Å². The number of halogens is 1. The number of methoxy groups -OCH3 is 1. The molecule has 0 unspecified atom stereocenters. The highest BCUT2D eigenvalue weighted by atomic mass is 35.5. The van der Waals surface area contributed by atoms with E-state index in [1.165, 1.54) is 11.1 Å². The van der Waals surface area contributed by atoms with Gasteiger partial charge in [0.15, 0.2) is 0 Å². The third kappa shape index (κ3) is 6.16. The monoisotopic (exact) mass is 346 g/mol. The average molecular weight is 347 g/mol. The summed E-state index contributed by atoms with van der Waals surface area (Å²) in [5.41, 5.74) is 2.54. The summed E-state index contributed by atoms with van der Waals surface area (Å²) in [7, 11) is 5.87. The molecule has 24 heavy (non-hydrogen) atoms. The van der Waals surface area contributed by atoms with E-state index in [0.717, 1.165) is 38.3 Å². The lowest BCUT2D eigenvalue weighted by Gasteiger charge is -2.24. The normalized spacial score (nSPS) is 11.2. The Morgan fingerprint density at radius 3 is 2.25 bits per heavy atom. The van der Waals surface area contributed by atoms with Crippen LogP contribution in [0, 0.1) is 0 Å². The highest BCUT2D eigenvalue weighted by Gasteiger charge is 2.09. The number of rotatable bonds is 9. The highest BCUT2D eigenvalue weighted by molar-refractivity contribution is 6.32. The van der Waals surface area contributed by atoms with E-state index < -0.39 is 0 Å². The van der Waals surface area contributed by atoms with E-state index in [4.69, 9.17) is 16.3 Å². The van der Waals surface area contributed by atoms with Gasteiger partial charge in [-0.15, -0.1) is 0 Å². The van der Waals surface area contributed by atoms with Crippen molar-refractivity contribution >= 4 is 11.6 Å². The van der Waals surface area contributed by atoms with Gasteiger partial charge >= 0.3 is 0 Å². The Balaban J connectivity index is 2.05. The molecule has 130 valence electrons. The lowest BCUT2D eigenvalue weighted by molar-refractivity contribution is 0.239. The number of nitrogens with zero attached hydrogens (tertiary/aromatic N) is 2. The molecule has 0 aliphatic heterocycles. The predicted octanol–water partition coefficient (Wildman–Crippen LogP) is 4.30.